The quantitative estimate of drug-likeness (QED) is 0.669. The first kappa shape index (κ1) is 11.5. The van der Waals surface area contributed by atoms with Crippen molar-refractivity contribution in [3.63, 3.8) is 0 Å². The van der Waals surface area contributed by atoms with Crippen LogP contribution in [0.3, 0.4) is 0 Å². The van der Waals surface area contributed by atoms with Gasteiger partial charge < -0.3 is 9.47 Å². The monoisotopic (exact) mass is 218 g/mol. The fourth-order valence-corrected chi connectivity index (χ4v) is 1.81. The van der Waals surface area contributed by atoms with Crippen LogP contribution in [0.1, 0.15) is 27.2 Å². The van der Waals surface area contributed by atoms with Crippen LogP contribution in [-0.4, -0.2) is 28.7 Å². The predicted molar refractivity (Wildman–Crippen MR) is 52.8 cm³/mol. The topological polar surface area (TPSA) is 52.6 Å². The third kappa shape index (κ3) is 2.99. The number of cyclic esters (lactones) is 1. The van der Waals surface area contributed by atoms with Gasteiger partial charge in [-0.25, -0.2) is 4.79 Å². The van der Waals surface area contributed by atoms with E-state index >= 15 is 0 Å². The molecule has 1 saturated heterocycles. The first-order valence-electron chi connectivity index (χ1n) is 4.51. The molecule has 0 aromatic carbocycles. The fourth-order valence-electron chi connectivity index (χ4n) is 1.22. The van der Waals surface area contributed by atoms with Gasteiger partial charge in [-0.15, -0.1) is 0 Å². The zero-order valence-corrected chi connectivity index (χ0v) is 9.35. The lowest BCUT2D eigenvalue weighted by atomic mass is 10.3. The molecule has 1 fully saturated rings. The van der Waals surface area contributed by atoms with Gasteiger partial charge in [-0.3, -0.25) is 4.79 Å². The van der Waals surface area contributed by atoms with E-state index in [1.807, 2.05) is 6.92 Å². The van der Waals surface area contributed by atoms with E-state index in [1.165, 1.54) is 11.8 Å². The molecule has 0 amide bonds. The van der Waals surface area contributed by atoms with E-state index in [1.54, 1.807) is 13.8 Å². The van der Waals surface area contributed by atoms with E-state index in [0.29, 0.717) is 5.75 Å². The van der Waals surface area contributed by atoms with Crippen LogP contribution in [0.4, 0.5) is 0 Å². The van der Waals surface area contributed by atoms with Gasteiger partial charge >= 0.3 is 5.97 Å². The summed E-state index contributed by atoms with van der Waals surface area (Å²) in [6.07, 6.45) is -0.627. The average molecular weight is 218 g/mol. The van der Waals surface area contributed by atoms with Gasteiger partial charge in [0.25, 0.3) is 0 Å². The number of carbonyl (C=O) groups excluding carboxylic acids is 2. The molecule has 1 rings (SSSR count). The molecule has 0 radical (unpaired) electrons. The third-order valence-corrected chi connectivity index (χ3v) is 2.47. The minimum Gasteiger partial charge on any atom is -0.432 e. The molecular formula is C9H14O4S. The van der Waals surface area contributed by atoms with Crippen LogP contribution in [0.2, 0.25) is 0 Å². The molecule has 5 heteroatoms. The molecule has 0 bridgehead atoms. The van der Waals surface area contributed by atoms with Crippen molar-refractivity contribution in [1.29, 1.82) is 0 Å². The predicted octanol–water partition coefficient (Wildman–Crippen LogP) is 1.33. The largest absolute Gasteiger partial charge is 0.432 e. The molecule has 0 aromatic rings. The normalized spacial score (nSPS) is 24.8. The molecule has 0 unspecified atom stereocenters. The van der Waals surface area contributed by atoms with Crippen molar-refractivity contribution in [1.82, 2.24) is 0 Å². The summed E-state index contributed by atoms with van der Waals surface area (Å²) in [4.78, 5) is 22.5. The van der Waals surface area contributed by atoms with Crippen molar-refractivity contribution in [2.75, 3.05) is 5.75 Å². The van der Waals surface area contributed by atoms with Crippen LogP contribution in [0, 0.1) is 0 Å². The summed E-state index contributed by atoms with van der Waals surface area (Å²) in [5.74, 6) is -0.622. The minimum atomic E-state index is -0.890. The second kappa shape index (κ2) is 4.31. The van der Waals surface area contributed by atoms with E-state index in [4.69, 9.17) is 9.47 Å². The molecule has 0 spiro atoms. The molecule has 14 heavy (non-hydrogen) atoms. The molecule has 1 atom stereocenters. The van der Waals surface area contributed by atoms with Gasteiger partial charge in [0.05, 0.1) is 6.42 Å². The van der Waals surface area contributed by atoms with E-state index in [9.17, 15) is 9.59 Å². The number of ether oxygens (including phenoxy) is 2. The Balaban J connectivity index is 2.47. The Morgan fingerprint density at radius 2 is 2.21 bits per heavy atom. The summed E-state index contributed by atoms with van der Waals surface area (Å²) in [6.45, 7) is 5.20. The minimum absolute atomic E-state index is 0.0350. The molecule has 1 aliphatic rings. The van der Waals surface area contributed by atoms with Gasteiger partial charge in [0.15, 0.2) is 11.2 Å². The highest BCUT2D eigenvalue weighted by Gasteiger charge is 2.41. The highest BCUT2D eigenvalue weighted by atomic mass is 32.2. The Bertz CT molecular complexity index is 249. The van der Waals surface area contributed by atoms with E-state index < -0.39 is 17.9 Å². The summed E-state index contributed by atoms with van der Waals surface area (Å²) in [7, 11) is 0. The van der Waals surface area contributed by atoms with Crippen molar-refractivity contribution in [3.8, 4) is 0 Å². The molecule has 1 aliphatic heterocycles. The van der Waals surface area contributed by atoms with Crippen LogP contribution >= 0.6 is 11.8 Å². The molecule has 0 saturated carbocycles. The van der Waals surface area contributed by atoms with Crippen LogP contribution in [0.5, 0.6) is 0 Å². The Morgan fingerprint density at radius 1 is 1.57 bits per heavy atom. The van der Waals surface area contributed by atoms with Gasteiger partial charge in [0, 0.05) is 13.8 Å². The fraction of sp³-hybridized carbons (Fsp3) is 0.778. The summed E-state index contributed by atoms with van der Waals surface area (Å²) in [6, 6.07) is 0. The van der Waals surface area contributed by atoms with Crippen molar-refractivity contribution in [2.24, 2.45) is 0 Å². The number of rotatable bonds is 3. The van der Waals surface area contributed by atoms with E-state index in [0.717, 1.165) is 0 Å². The number of esters is 1. The summed E-state index contributed by atoms with van der Waals surface area (Å²) in [5, 5.41) is -0.0350. The Hall–Kier alpha value is -0.550. The van der Waals surface area contributed by atoms with Crippen molar-refractivity contribution < 1.29 is 19.1 Å². The smallest absolute Gasteiger partial charge is 0.338 e. The second-order valence-corrected chi connectivity index (χ2v) is 4.76. The number of hydrogen-bond donors (Lipinski definition) is 0. The van der Waals surface area contributed by atoms with Crippen LogP contribution < -0.4 is 0 Å². The van der Waals surface area contributed by atoms with Gasteiger partial charge in [0.1, 0.15) is 0 Å². The number of thioether (sulfide) groups is 1. The Labute approximate surface area is 87.3 Å². The maximum atomic E-state index is 11.2. The van der Waals surface area contributed by atoms with E-state index in [-0.39, 0.29) is 11.5 Å². The van der Waals surface area contributed by atoms with Gasteiger partial charge in [0.2, 0.25) is 5.79 Å². The van der Waals surface area contributed by atoms with Crippen LogP contribution in [0.15, 0.2) is 0 Å². The third-order valence-electron chi connectivity index (χ3n) is 1.69. The van der Waals surface area contributed by atoms with Gasteiger partial charge in [-0.05, 0) is 5.75 Å². The standard InChI is InChI=1S/C9H14O4S/c1-4-14-7(10)5-6-8(11)13-9(2,3)12-6/h6H,4-5H2,1-3H3/t6-/m0/s1. The maximum Gasteiger partial charge on any atom is 0.338 e. The summed E-state index contributed by atoms with van der Waals surface area (Å²) < 4.78 is 10.2. The zero-order valence-electron chi connectivity index (χ0n) is 8.53. The number of hydrogen-bond acceptors (Lipinski definition) is 5. The highest BCUT2D eigenvalue weighted by molar-refractivity contribution is 8.13. The lowest BCUT2D eigenvalue weighted by molar-refractivity contribution is -0.160. The van der Waals surface area contributed by atoms with Crippen LogP contribution in [0.25, 0.3) is 0 Å². The molecule has 1 heterocycles. The molecule has 80 valence electrons. The lowest BCUT2D eigenvalue weighted by Crippen LogP contribution is -2.22. The summed E-state index contributed by atoms with van der Waals surface area (Å²) >= 11 is 1.19. The SMILES string of the molecule is CCSC(=O)C[C@@H]1OC(C)(C)OC1=O. The first-order chi connectivity index (χ1) is 6.44. The maximum absolute atomic E-state index is 11.2. The van der Waals surface area contributed by atoms with E-state index in [2.05, 4.69) is 0 Å². The number of carbonyl (C=O) groups is 2. The summed E-state index contributed by atoms with van der Waals surface area (Å²) in [5.41, 5.74) is 0. The second-order valence-electron chi connectivity index (χ2n) is 3.44. The van der Waals surface area contributed by atoms with Crippen LogP contribution in [-0.2, 0) is 19.1 Å². The molecule has 0 aromatic heterocycles. The average Bonchev–Trinajstić information content (AvgIpc) is 2.25. The highest BCUT2D eigenvalue weighted by Crippen LogP contribution is 2.26. The van der Waals surface area contributed by atoms with Crippen molar-refractivity contribution in [2.45, 2.75) is 39.1 Å². The van der Waals surface area contributed by atoms with Gasteiger partial charge in [-0.2, -0.15) is 0 Å². The van der Waals surface area contributed by atoms with Crippen molar-refractivity contribution in [3.05, 3.63) is 0 Å². The first-order valence-corrected chi connectivity index (χ1v) is 5.49. The molecule has 0 aliphatic carbocycles. The molecule has 4 nitrogen and oxygen atoms in total. The zero-order chi connectivity index (χ0) is 10.8. The van der Waals surface area contributed by atoms with Crippen molar-refractivity contribution >= 4 is 22.8 Å². The molecular weight excluding hydrogens is 204 g/mol. The Kier molecular flexibility index (Phi) is 3.55. The van der Waals surface area contributed by atoms with Gasteiger partial charge in [-0.1, -0.05) is 18.7 Å². The Morgan fingerprint density at radius 3 is 2.64 bits per heavy atom. The lowest BCUT2D eigenvalue weighted by Gasteiger charge is -2.14. The molecule has 0 N–H and O–H groups in total.